The normalized spacial score (nSPS) is 10.9. The lowest BCUT2D eigenvalue weighted by Gasteiger charge is -2.22. The average Bonchev–Trinajstić information content (AvgIpc) is 2.54. The highest BCUT2D eigenvalue weighted by Gasteiger charge is 2.15. The van der Waals surface area contributed by atoms with Gasteiger partial charge in [-0.2, -0.15) is 0 Å². The summed E-state index contributed by atoms with van der Waals surface area (Å²) in [5.74, 6) is 2.49. The highest BCUT2D eigenvalue weighted by molar-refractivity contribution is 5.41. The second-order valence-electron chi connectivity index (χ2n) is 8.66. The smallest absolute Gasteiger partial charge is 0.0300 e. The summed E-state index contributed by atoms with van der Waals surface area (Å²) in [7, 11) is 0. The van der Waals surface area contributed by atoms with E-state index in [9.17, 15) is 0 Å². The largest absolute Gasteiger partial charge is 0.264 e. The van der Waals surface area contributed by atoms with Crippen molar-refractivity contribution in [2.75, 3.05) is 0 Å². The lowest BCUT2D eigenvalue weighted by atomic mass is 9.83. The van der Waals surface area contributed by atoms with E-state index < -0.39 is 0 Å². The molecule has 0 unspecified atom stereocenters. The molecule has 27 heavy (non-hydrogen) atoms. The van der Waals surface area contributed by atoms with E-state index in [0.29, 0.717) is 23.7 Å². The number of benzene rings is 1. The third kappa shape index (κ3) is 6.79. The van der Waals surface area contributed by atoms with Crippen molar-refractivity contribution in [3.05, 3.63) is 64.0 Å². The summed E-state index contributed by atoms with van der Waals surface area (Å²) in [6.07, 6.45) is 3.87. The van der Waals surface area contributed by atoms with E-state index >= 15 is 0 Å². The van der Waals surface area contributed by atoms with Gasteiger partial charge >= 0.3 is 0 Å². The Balaban J connectivity index is 0.000000504. The van der Waals surface area contributed by atoms with Gasteiger partial charge in [0, 0.05) is 12.4 Å². The molecule has 0 bridgehead atoms. The van der Waals surface area contributed by atoms with E-state index in [4.69, 9.17) is 0 Å². The molecule has 152 valence electrons. The summed E-state index contributed by atoms with van der Waals surface area (Å²) >= 11 is 0. The maximum absolute atomic E-state index is 4.13. The van der Waals surface area contributed by atoms with Crippen molar-refractivity contribution in [3.63, 3.8) is 0 Å². The Hall–Kier alpha value is -1.63. The zero-order valence-corrected chi connectivity index (χ0v) is 18.6. The molecule has 2 aromatic rings. The average molecular weight is 370 g/mol. The van der Waals surface area contributed by atoms with Crippen LogP contribution in [0.4, 0.5) is 0 Å². The highest BCUT2D eigenvalue weighted by Crippen LogP contribution is 2.32. The van der Waals surface area contributed by atoms with Crippen LogP contribution >= 0.6 is 0 Å². The van der Waals surface area contributed by atoms with Crippen LogP contribution in [0.15, 0.2) is 30.6 Å². The molecule has 0 fully saturated rings. The minimum Gasteiger partial charge on any atom is -0.264 e. The van der Waals surface area contributed by atoms with Crippen LogP contribution in [-0.2, 0) is 0 Å². The Bertz CT molecular complexity index is 647. The molecular weight excluding hydrogens is 326 g/mol. The van der Waals surface area contributed by atoms with E-state index in [0.717, 1.165) is 0 Å². The molecule has 0 atom stereocenters. The Labute approximate surface area is 169 Å². The van der Waals surface area contributed by atoms with Gasteiger partial charge in [0.2, 0.25) is 0 Å². The zero-order valence-electron chi connectivity index (χ0n) is 18.6. The fourth-order valence-corrected chi connectivity index (χ4v) is 3.90. The van der Waals surface area contributed by atoms with Crippen molar-refractivity contribution in [3.8, 4) is 0 Å². The Kier molecular flexibility index (Phi) is 10.6. The highest BCUT2D eigenvalue weighted by atomic mass is 14.6. The third-order valence-electron chi connectivity index (χ3n) is 4.96. The molecule has 0 radical (unpaired) electrons. The number of nitrogens with zero attached hydrogens (tertiary/aromatic N) is 1. The van der Waals surface area contributed by atoms with Gasteiger partial charge in [-0.3, -0.25) is 4.98 Å². The minimum atomic E-state index is 0. The van der Waals surface area contributed by atoms with Crippen molar-refractivity contribution in [2.24, 2.45) is 0 Å². The molecular formula is C26H43N. The number of rotatable bonds is 4. The maximum atomic E-state index is 4.13. The fraction of sp³-hybridized carbons (Fsp3) is 0.577. The number of hydrogen-bond donors (Lipinski definition) is 0. The number of pyridine rings is 1. The first-order valence-corrected chi connectivity index (χ1v) is 10.1. The molecule has 2 rings (SSSR count). The van der Waals surface area contributed by atoms with Gasteiger partial charge in [-0.1, -0.05) is 81.0 Å². The third-order valence-corrected chi connectivity index (χ3v) is 4.96. The predicted molar refractivity (Wildman–Crippen MR) is 123 cm³/mol. The van der Waals surface area contributed by atoms with Gasteiger partial charge in [-0.15, -0.1) is 0 Å². The summed E-state index contributed by atoms with van der Waals surface area (Å²) in [5.41, 5.74) is 8.68. The van der Waals surface area contributed by atoms with Crippen LogP contribution in [0.25, 0.3) is 0 Å². The summed E-state index contributed by atoms with van der Waals surface area (Å²) < 4.78 is 0. The molecule has 1 heteroatoms. The molecule has 1 aromatic heterocycles. The first kappa shape index (κ1) is 25.4. The molecule has 1 aromatic carbocycles. The monoisotopic (exact) mass is 369 g/mol. The van der Waals surface area contributed by atoms with Gasteiger partial charge in [0.05, 0.1) is 0 Å². The molecule has 1 nitrogen and oxygen atoms in total. The second kappa shape index (κ2) is 11.3. The van der Waals surface area contributed by atoms with Crippen LogP contribution in [0.5, 0.6) is 0 Å². The number of aromatic nitrogens is 1. The van der Waals surface area contributed by atoms with Crippen molar-refractivity contribution in [2.45, 2.75) is 100 Å². The summed E-state index contributed by atoms with van der Waals surface area (Å²) in [6.45, 7) is 22.4. The van der Waals surface area contributed by atoms with Crippen LogP contribution < -0.4 is 0 Å². The van der Waals surface area contributed by atoms with Gasteiger partial charge in [-0.25, -0.2) is 0 Å². The molecule has 0 aliphatic carbocycles. The van der Waals surface area contributed by atoms with E-state index in [-0.39, 0.29) is 7.43 Å². The first-order valence-electron chi connectivity index (χ1n) is 10.1. The van der Waals surface area contributed by atoms with E-state index in [1.54, 1.807) is 5.56 Å². The van der Waals surface area contributed by atoms with Crippen molar-refractivity contribution in [1.82, 2.24) is 4.98 Å². The van der Waals surface area contributed by atoms with E-state index in [1.807, 2.05) is 12.4 Å². The molecule has 0 aliphatic heterocycles. The van der Waals surface area contributed by atoms with Gasteiger partial charge in [0.15, 0.2) is 0 Å². The second-order valence-corrected chi connectivity index (χ2v) is 8.66. The van der Waals surface area contributed by atoms with Gasteiger partial charge in [0.1, 0.15) is 0 Å². The molecule has 0 saturated heterocycles. The van der Waals surface area contributed by atoms with Crippen LogP contribution in [0.3, 0.4) is 0 Å². The van der Waals surface area contributed by atoms with E-state index in [2.05, 4.69) is 92.4 Å². The fourth-order valence-electron chi connectivity index (χ4n) is 3.90. The minimum absolute atomic E-state index is 0. The molecule has 0 N–H and O–H groups in total. The maximum Gasteiger partial charge on any atom is 0.0300 e. The first-order chi connectivity index (χ1) is 12.1. The summed E-state index contributed by atoms with van der Waals surface area (Å²) in [4.78, 5) is 4.13. The summed E-state index contributed by atoms with van der Waals surface area (Å²) in [6, 6.07) is 6.77. The van der Waals surface area contributed by atoms with Crippen molar-refractivity contribution < 1.29 is 0 Å². The quantitative estimate of drug-likeness (QED) is 0.526. The topological polar surface area (TPSA) is 12.9 Å². The lowest BCUT2D eigenvalue weighted by molar-refractivity contribution is 0.748. The SMILES string of the molecule is C.CC(C)c1cccc(C(C)C)c1C(C)C.Cc1cncc(C)c1C(C)C. The summed E-state index contributed by atoms with van der Waals surface area (Å²) in [5, 5.41) is 0. The van der Waals surface area contributed by atoms with Crippen molar-refractivity contribution >= 4 is 0 Å². The van der Waals surface area contributed by atoms with Crippen LogP contribution in [0.2, 0.25) is 0 Å². The van der Waals surface area contributed by atoms with Crippen LogP contribution in [-0.4, -0.2) is 4.98 Å². The van der Waals surface area contributed by atoms with Gasteiger partial charge < -0.3 is 0 Å². The number of hydrogen-bond acceptors (Lipinski definition) is 1. The van der Waals surface area contributed by atoms with Gasteiger partial charge in [0.25, 0.3) is 0 Å². The van der Waals surface area contributed by atoms with E-state index in [1.165, 1.54) is 27.8 Å². The lowest BCUT2D eigenvalue weighted by Crippen LogP contribution is -2.04. The van der Waals surface area contributed by atoms with Crippen LogP contribution in [0, 0.1) is 13.8 Å². The molecule has 0 aliphatic rings. The zero-order chi connectivity index (χ0) is 20.0. The van der Waals surface area contributed by atoms with Gasteiger partial charge in [-0.05, 0) is 70.9 Å². The van der Waals surface area contributed by atoms with Crippen LogP contribution in [0.1, 0.15) is 120 Å². The molecule has 0 saturated carbocycles. The predicted octanol–water partition coefficient (Wildman–Crippen LogP) is 8.51. The standard InChI is InChI=1S/C15H24.C10H15N.CH4/c1-10(2)13-8-7-9-14(11(3)4)15(13)12(5)6;1-7(2)10-8(3)5-11-6-9(10)4;/h7-12H,1-6H3;5-7H,1-4H3;1H4. The Morgan fingerprint density at radius 3 is 1.22 bits per heavy atom. The van der Waals surface area contributed by atoms with Crippen molar-refractivity contribution in [1.29, 1.82) is 0 Å². The number of aryl methyl sites for hydroxylation is 2. The Morgan fingerprint density at radius 1 is 0.593 bits per heavy atom. The molecule has 0 spiro atoms. The Morgan fingerprint density at radius 2 is 0.963 bits per heavy atom. The molecule has 0 amide bonds. The molecule has 1 heterocycles.